The summed E-state index contributed by atoms with van der Waals surface area (Å²) in [5.74, 6) is -0.720. The molecule has 0 saturated carbocycles. The predicted molar refractivity (Wildman–Crippen MR) is 103 cm³/mol. The molecule has 0 unspecified atom stereocenters. The molecule has 0 radical (unpaired) electrons. The minimum atomic E-state index is -3.59. The summed E-state index contributed by atoms with van der Waals surface area (Å²) in [5.41, 5.74) is 1.71. The van der Waals surface area contributed by atoms with Crippen LogP contribution in [0.3, 0.4) is 0 Å². The van der Waals surface area contributed by atoms with E-state index in [-0.39, 0.29) is 16.4 Å². The Morgan fingerprint density at radius 3 is 2.39 bits per heavy atom. The maximum Gasteiger partial charge on any atom is 0.289 e. The first kappa shape index (κ1) is 19.4. The van der Waals surface area contributed by atoms with Crippen LogP contribution in [0.4, 0.5) is 0 Å². The van der Waals surface area contributed by atoms with Gasteiger partial charge in [0.1, 0.15) is 0 Å². The topological polar surface area (TPSA) is 91.4 Å². The number of rotatable bonds is 6. The number of hydrogen-bond donors (Lipinski definition) is 0. The highest BCUT2D eigenvalue weighted by molar-refractivity contribution is 7.90. The molecule has 1 heterocycles. The first-order valence-electron chi connectivity index (χ1n) is 8.49. The van der Waals surface area contributed by atoms with Gasteiger partial charge >= 0.3 is 0 Å². The Morgan fingerprint density at radius 1 is 1.07 bits per heavy atom. The molecular formula is C21H18N2O4S. The smallest absolute Gasteiger partial charge is 0.289 e. The van der Waals surface area contributed by atoms with Gasteiger partial charge in [0.25, 0.3) is 5.91 Å². The molecule has 7 heteroatoms. The molecule has 1 amide bonds. The van der Waals surface area contributed by atoms with E-state index >= 15 is 0 Å². The fraction of sp³-hybridized carbons (Fsp3) is 0.143. The van der Waals surface area contributed by atoms with Crippen molar-refractivity contribution >= 4 is 15.7 Å². The lowest BCUT2D eigenvalue weighted by molar-refractivity contribution is 0.0752. The van der Waals surface area contributed by atoms with Crippen LogP contribution < -0.4 is 0 Å². The number of furan rings is 1. The number of nitrogens with zero attached hydrogens (tertiary/aromatic N) is 2. The van der Waals surface area contributed by atoms with Gasteiger partial charge in [0.2, 0.25) is 0 Å². The van der Waals surface area contributed by atoms with Crippen molar-refractivity contribution in [3.63, 3.8) is 0 Å². The van der Waals surface area contributed by atoms with Crippen molar-refractivity contribution in [1.82, 2.24) is 4.90 Å². The summed E-state index contributed by atoms with van der Waals surface area (Å²) >= 11 is 0. The molecule has 0 N–H and O–H groups in total. The van der Waals surface area contributed by atoms with E-state index in [2.05, 4.69) is 0 Å². The summed E-state index contributed by atoms with van der Waals surface area (Å²) in [5, 5.41) is 8.85. The third-order valence-corrected chi connectivity index (χ3v) is 5.92. The molecule has 0 atom stereocenters. The van der Waals surface area contributed by atoms with Crippen LogP contribution >= 0.6 is 0 Å². The standard InChI is InChI=1S/C21H18N2O4S/c1-23(14-17-9-7-16(13-22)8-10-17)21(24)20-18(11-12-27-20)15-28(25,26)19-5-3-2-4-6-19/h2-12H,14-15H2,1H3. The van der Waals surface area contributed by atoms with Gasteiger partial charge in [-0.25, -0.2) is 8.42 Å². The summed E-state index contributed by atoms with van der Waals surface area (Å²) in [6, 6.07) is 18.5. The zero-order chi connectivity index (χ0) is 20.1. The second-order valence-corrected chi connectivity index (χ2v) is 8.31. The number of nitriles is 1. The third-order valence-electron chi connectivity index (χ3n) is 4.24. The van der Waals surface area contributed by atoms with Gasteiger partial charge in [-0.3, -0.25) is 4.79 Å². The van der Waals surface area contributed by atoms with E-state index in [4.69, 9.17) is 9.68 Å². The van der Waals surface area contributed by atoms with E-state index in [0.29, 0.717) is 17.7 Å². The van der Waals surface area contributed by atoms with Crippen LogP contribution in [0.2, 0.25) is 0 Å². The highest BCUT2D eigenvalue weighted by Crippen LogP contribution is 2.21. The molecule has 6 nitrogen and oxygen atoms in total. The van der Waals surface area contributed by atoms with Gasteiger partial charge in [-0.1, -0.05) is 30.3 Å². The van der Waals surface area contributed by atoms with Crippen LogP contribution in [0.25, 0.3) is 0 Å². The molecule has 2 aromatic carbocycles. The number of amides is 1. The van der Waals surface area contributed by atoms with Gasteiger partial charge < -0.3 is 9.32 Å². The highest BCUT2D eigenvalue weighted by atomic mass is 32.2. The van der Waals surface area contributed by atoms with Crippen molar-refractivity contribution in [3.8, 4) is 6.07 Å². The molecule has 0 saturated heterocycles. The number of benzene rings is 2. The Kier molecular flexibility index (Phi) is 5.62. The average Bonchev–Trinajstić information content (AvgIpc) is 3.16. The number of hydrogen-bond acceptors (Lipinski definition) is 5. The molecule has 0 spiro atoms. The molecule has 3 rings (SSSR count). The second-order valence-electron chi connectivity index (χ2n) is 6.32. The van der Waals surface area contributed by atoms with Gasteiger partial charge in [0, 0.05) is 19.2 Å². The molecule has 142 valence electrons. The van der Waals surface area contributed by atoms with E-state index in [0.717, 1.165) is 5.56 Å². The largest absolute Gasteiger partial charge is 0.459 e. The van der Waals surface area contributed by atoms with Crippen molar-refractivity contribution in [2.24, 2.45) is 0 Å². The molecule has 1 aromatic heterocycles. The minimum absolute atomic E-state index is 0.00986. The lowest BCUT2D eigenvalue weighted by atomic mass is 10.1. The lowest BCUT2D eigenvalue weighted by Crippen LogP contribution is -2.27. The van der Waals surface area contributed by atoms with Gasteiger partial charge in [0.15, 0.2) is 15.6 Å². The first-order chi connectivity index (χ1) is 13.4. The highest BCUT2D eigenvalue weighted by Gasteiger charge is 2.24. The molecular weight excluding hydrogens is 376 g/mol. The van der Waals surface area contributed by atoms with Gasteiger partial charge in [-0.05, 0) is 35.9 Å². The monoisotopic (exact) mass is 394 g/mol. The third kappa shape index (κ3) is 4.30. The Bertz CT molecular complexity index is 1110. The second kappa shape index (κ2) is 8.11. The van der Waals surface area contributed by atoms with E-state index in [9.17, 15) is 13.2 Å². The minimum Gasteiger partial charge on any atom is -0.459 e. The molecule has 0 bridgehead atoms. The maximum absolute atomic E-state index is 12.8. The fourth-order valence-corrected chi connectivity index (χ4v) is 4.13. The molecule has 0 aliphatic carbocycles. The molecule has 3 aromatic rings. The van der Waals surface area contributed by atoms with Crippen molar-refractivity contribution in [2.75, 3.05) is 7.05 Å². The quantitative estimate of drug-likeness (QED) is 0.639. The first-order valence-corrected chi connectivity index (χ1v) is 10.1. The number of carbonyl (C=O) groups is 1. The lowest BCUT2D eigenvalue weighted by Gasteiger charge is -2.17. The molecule has 0 aliphatic heterocycles. The van der Waals surface area contributed by atoms with Crippen LogP contribution in [0.5, 0.6) is 0 Å². The van der Waals surface area contributed by atoms with Crippen LogP contribution in [0, 0.1) is 11.3 Å². The predicted octanol–water partition coefficient (Wildman–Crippen LogP) is 3.40. The Labute approximate surface area is 163 Å². The van der Waals surface area contributed by atoms with Crippen molar-refractivity contribution in [2.45, 2.75) is 17.2 Å². The maximum atomic E-state index is 12.8. The summed E-state index contributed by atoms with van der Waals surface area (Å²) in [6.07, 6.45) is 1.32. The fourth-order valence-electron chi connectivity index (χ4n) is 2.76. The van der Waals surface area contributed by atoms with E-state index < -0.39 is 15.7 Å². The van der Waals surface area contributed by atoms with Crippen molar-refractivity contribution in [1.29, 1.82) is 5.26 Å². The van der Waals surface area contributed by atoms with Crippen LogP contribution in [0.15, 0.2) is 76.2 Å². The van der Waals surface area contributed by atoms with E-state index in [1.54, 1.807) is 49.5 Å². The van der Waals surface area contributed by atoms with Crippen LogP contribution in [-0.4, -0.2) is 26.3 Å². The Hall–Kier alpha value is -3.37. The van der Waals surface area contributed by atoms with Crippen LogP contribution in [-0.2, 0) is 22.1 Å². The molecule has 0 fully saturated rings. The summed E-state index contributed by atoms with van der Waals surface area (Å²) in [7, 11) is -1.98. The summed E-state index contributed by atoms with van der Waals surface area (Å²) < 4.78 is 30.5. The van der Waals surface area contributed by atoms with Gasteiger partial charge in [0.05, 0.1) is 28.5 Å². The summed E-state index contributed by atoms with van der Waals surface area (Å²) in [6.45, 7) is 0.302. The summed E-state index contributed by atoms with van der Waals surface area (Å²) in [4.78, 5) is 14.4. The molecule has 28 heavy (non-hydrogen) atoms. The number of carbonyl (C=O) groups excluding carboxylic acids is 1. The zero-order valence-electron chi connectivity index (χ0n) is 15.2. The van der Waals surface area contributed by atoms with E-state index in [1.165, 1.54) is 29.4 Å². The Balaban J connectivity index is 1.76. The SMILES string of the molecule is CN(Cc1ccc(C#N)cc1)C(=O)c1occc1CS(=O)(=O)c1ccccc1. The van der Waals surface area contributed by atoms with Gasteiger partial charge in [-0.15, -0.1) is 0 Å². The van der Waals surface area contributed by atoms with Gasteiger partial charge in [-0.2, -0.15) is 5.26 Å². The number of sulfone groups is 1. The normalized spacial score (nSPS) is 11.0. The van der Waals surface area contributed by atoms with E-state index in [1.807, 2.05) is 6.07 Å². The van der Waals surface area contributed by atoms with Crippen LogP contribution in [0.1, 0.15) is 27.2 Å². The van der Waals surface area contributed by atoms with Crippen molar-refractivity contribution in [3.05, 3.63) is 89.4 Å². The molecule has 0 aliphatic rings. The Morgan fingerprint density at radius 2 is 1.75 bits per heavy atom. The van der Waals surface area contributed by atoms with Crippen molar-refractivity contribution < 1.29 is 17.6 Å². The average molecular weight is 394 g/mol. The zero-order valence-corrected chi connectivity index (χ0v) is 16.0.